The molecule has 1 aromatic heterocycles. The second kappa shape index (κ2) is 7.46. The van der Waals surface area contributed by atoms with Gasteiger partial charge in [-0.1, -0.05) is 0 Å². The Morgan fingerprint density at radius 3 is 2.78 bits per heavy atom. The molecule has 1 rings (SSSR count). The number of ether oxygens (including phenoxy) is 1. The summed E-state index contributed by atoms with van der Waals surface area (Å²) in [6, 6.07) is 1.58. The molecule has 0 aromatic carbocycles. The van der Waals surface area contributed by atoms with E-state index in [1.54, 1.807) is 6.07 Å². The topological polar surface area (TPSA) is 101 Å². The van der Waals surface area contributed by atoms with E-state index in [-0.39, 0.29) is 13.1 Å². The first-order valence-corrected chi connectivity index (χ1v) is 5.40. The summed E-state index contributed by atoms with van der Waals surface area (Å²) in [5.41, 5.74) is 0.537. The molecule has 0 fully saturated rings. The molecule has 0 radical (unpaired) electrons. The summed E-state index contributed by atoms with van der Waals surface area (Å²) in [5, 5.41) is 14.3. The van der Waals surface area contributed by atoms with Crippen molar-refractivity contribution in [3.05, 3.63) is 24.2 Å². The van der Waals surface area contributed by atoms with Crippen molar-refractivity contribution in [1.82, 2.24) is 10.6 Å². The Kier molecular flexibility index (Phi) is 5.89. The van der Waals surface area contributed by atoms with Crippen molar-refractivity contribution in [3.63, 3.8) is 0 Å². The number of hydrogen-bond acceptors (Lipinski definition) is 5. The molecule has 1 atom stereocenters. The monoisotopic (exact) mass is 256 g/mol. The van der Waals surface area contributed by atoms with Gasteiger partial charge in [0.25, 0.3) is 0 Å². The normalized spacial score (nSPS) is 11.9. The van der Waals surface area contributed by atoms with Gasteiger partial charge in [0.15, 0.2) is 0 Å². The lowest BCUT2D eigenvalue weighted by atomic mass is 10.2. The zero-order chi connectivity index (χ0) is 13.4. The lowest BCUT2D eigenvalue weighted by molar-refractivity contribution is -0.139. The number of carbonyl (C=O) groups excluding carboxylic acids is 2. The zero-order valence-corrected chi connectivity index (χ0v) is 10.0. The van der Waals surface area contributed by atoms with Gasteiger partial charge in [0, 0.05) is 25.8 Å². The molecule has 2 amide bonds. The minimum atomic E-state index is -0.903. The predicted molar refractivity (Wildman–Crippen MR) is 61.6 cm³/mol. The van der Waals surface area contributed by atoms with Gasteiger partial charge in [-0.25, -0.2) is 0 Å². The highest BCUT2D eigenvalue weighted by Gasteiger charge is 2.15. The summed E-state index contributed by atoms with van der Waals surface area (Å²) in [7, 11) is 1.49. The molecule has 3 N–H and O–H groups in total. The van der Waals surface area contributed by atoms with Crippen LogP contribution in [0.15, 0.2) is 23.0 Å². The Labute approximate surface area is 104 Å². The molecule has 18 heavy (non-hydrogen) atoms. The largest absolute Gasteiger partial charge is 0.472 e. The van der Waals surface area contributed by atoms with Gasteiger partial charge in [-0.05, 0) is 6.07 Å². The van der Waals surface area contributed by atoms with Crippen LogP contribution in [0.1, 0.15) is 11.7 Å². The lowest BCUT2D eigenvalue weighted by Crippen LogP contribution is -2.42. The van der Waals surface area contributed by atoms with E-state index in [1.165, 1.54) is 19.6 Å². The molecular weight excluding hydrogens is 240 g/mol. The van der Waals surface area contributed by atoms with E-state index in [9.17, 15) is 14.7 Å². The molecular formula is C11H16N2O5. The van der Waals surface area contributed by atoms with Crippen LogP contribution in [0, 0.1) is 0 Å². The van der Waals surface area contributed by atoms with E-state index in [2.05, 4.69) is 10.6 Å². The van der Waals surface area contributed by atoms with Crippen LogP contribution in [0.3, 0.4) is 0 Å². The van der Waals surface area contributed by atoms with Gasteiger partial charge in [-0.2, -0.15) is 0 Å². The molecule has 0 aliphatic rings. The summed E-state index contributed by atoms with van der Waals surface area (Å²) in [6.07, 6.45) is 1.88. The van der Waals surface area contributed by atoms with E-state index in [1.807, 2.05) is 0 Å². The summed E-state index contributed by atoms with van der Waals surface area (Å²) in [5.74, 6) is -1.56. The van der Waals surface area contributed by atoms with Gasteiger partial charge >= 0.3 is 11.8 Å². The van der Waals surface area contributed by atoms with Gasteiger partial charge in [0.1, 0.15) is 0 Å². The van der Waals surface area contributed by atoms with Crippen molar-refractivity contribution in [3.8, 4) is 0 Å². The minimum absolute atomic E-state index is 0.0595. The van der Waals surface area contributed by atoms with E-state index < -0.39 is 17.9 Å². The first-order valence-electron chi connectivity index (χ1n) is 5.40. The fraction of sp³-hybridized carbons (Fsp3) is 0.455. The first-order chi connectivity index (χ1) is 8.65. The Bertz CT molecular complexity index is 377. The number of aliphatic hydroxyl groups is 1. The van der Waals surface area contributed by atoms with Crippen LogP contribution < -0.4 is 10.6 Å². The second-order valence-electron chi connectivity index (χ2n) is 3.53. The molecule has 0 aliphatic carbocycles. The van der Waals surface area contributed by atoms with Crippen molar-refractivity contribution in [2.45, 2.75) is 6.10 Å². The van der Waals surface area contributed by atoms with Gasteiger partial charge < -0.3 is 24.9 Å². The molecule has 100 valence electrons. The van der Waals surface area contributed by atoms with E-state index in [0.29, 0.717) is 12.2 Å². The number of carbonyl (C=O) groups is 2. The number of nitrogens with one attached hydrogen (secondary N) is 2. The zero-order valence-electron chi connectivity index (χ0n) is 10.0. The number of furan rings is 1. The van der Waals surface area contributed by atoms with Crippen molar-refractivity contribution in [2.24, 2.45) is 0 Å². The summed E-state index contributed by atoms with van der Waals surface area (Å²) in [4.78, 5) is 22.6. The molecule has 0 saturated carbocycles. The number of amides is 2. The molecule has 1 unspecified atom stereocenters. The standard InChI is InChI=1S/C11H16N2O5/c1-17-5-3-12-10(15)11(16)13-6-9(14)8-2-4-18-7-8/h2,4,7,9,14H,3,5-6H2,1H3,(H,12,15)(H,13,16). The van der Waals surface area contributed by atoms with Crippen LogP contribution in [0.25, 0.3) is 0 Å². The lowest BCUT2D eigenvalue weighted by Gasteiger charge is -2.09. The fourth-order valence-electron chi connectivity index (χ4n) is 1.20. The third-order valence-corrected chi connectivity index (χ3v) is 2.18. The highest BCUT2D eigenvalue weighted by molar-refractivity contribution is 6.35. The second-order valence-corrected chi connectivity index (χ2v) is 3.53. The van der Waals surface area contributed by atoms with E-state index in [4.69, 9.17) is 9.15 Å². The highest BCUT2D eigenvalue weighted by Crippen LogP contribution is 2.11. The van der Waals surface area contributed by atoms with Crippen LogP contribution in [0.5, 0.6) is 0 Å². The van der Waals surface area contributed by atoms with Gasteiger partial charge in [-0.3, -0.25) is 9.59 Å². The molecule has 7 heteroatoms. The molecule has 1 heterocycles. The third-order valence-electron chi connectivity index (χ3n) is 2.18. The highest BCUT2D eigenvalue weighted by atomic mass is 16.5. The number of hydrogen-bond donors (Lipinski definition) is 3. The van der Waals surface area contributed by atoms with Crippen LogP contribution in [-0.4, -0.2) is 43.7 Å². The minimum Gasteiger partial charge on any atom is -0.472 e. The molecule has 0 aliphatic heterocycles. The fourth-order valence-corrected chi connectivity index (χ4v) is 1.20. The quantitative estimate of drug-likeness (QED) is 0.456. The van der Waals surface area contributed by atoms with Crippen molar-refractivity contribution >= 4 is 11.8 Å². The van der Waals surface area contributed by atoms with E-state index >= 15 is 0 Å². The molecule has 0 saturated heterocycles. The number of aliphatic hydroxyl groups excluding tert-OH is 1. The van der Waals surface area contributed by atoms with Gasteiger partial charge in [0.2, 0.25) is 0 Å². The molecule has 0 bridgehead atoms. The first kappa shape index (κ1) is 14.2. The Morgan fingerprint density at radius 2 is 2.17 bits per heavy atom. The maximum Gasteiger partial charge on any atom is 0.309 e. The Hall–Kier alpha value is -1.86. The number of rotatable bonds is 6. The molecule has 0 spiro atoms. The average molecular weight is 256 g/mol. The van der Waals surface area contributed by atoms with Gasteiger partial charge in [0.05, 0.1) is 25.2 Å². The van der Waals surface area contributed by atoms with Crippen molar-refractivity contribution in [1.29, 1.82) is 0 Å². The maximum absolute atomic E-state index is 11.3. The average Bonchev–Trinajstić information content (AvgIpc) is 2.89. The van der Waals surface area contributed by atoms with Crippen LogP contribution in [0.4, 0.5) is 0 Å². The SMILES string of the molecule is COCCNC(=O)C(=O)NCC(O)c1ccoc1. The summed E-state index contributed by atoms with van der Waals surface area (Å²) < 4.78 is 9.51. The van der Waals surface area contributed by atoms with Crippen molar-refractivity contribution in [2.75, 3.05) is 26.8 Å². The Morgan fingerprint density at radius 1 is 1.44 bits per heavy atom. The smallest absolute Gasteiger partial charge is 0.309 e. The summed E-state index contributed by atoms with van der Waals surface area (Å²) >= 11 is 0. The molecule has 7 nitrogen and oxygen atoms in total. The molecule has 1 aromatic rings. The van der Waals surface area contributed by atoms with E-state index in [0.717, 1.165) is 0 Å². The van der Waals surface area contributed by atoms with Crippen molar-refractivity contribution < 1.29 is 23.8 Å². The number of methoxy groups -OCH3 is 1. The van der Waals surface area contributed by atoms with Crippen LogP contribution >= 0.6 is 0 Å². The van der Waals surface area contributed by atoms with Crippen LogP contribution in [-0.2, 0) is 14.3 Å². The summed E-state index contributed by atoms with van der Waals surface area (Å²) in [6.45, 7) is 0.528. The maximum atomic E-state index is 11.3. The van der Waals surface area contributed by atoms with Crippen LogP contribution in [0.2, 0.25) is 0 Å². The third kappa shape index (κ3) is 4.56. The Balaban J connectivity index is 2.26. The van der Waals surface area contributed by atoms with Gasteiger partial charge in [-0.15, -0.1) is 0 Å². The predicted octanol–water partition coefficient (Wildman–Crippen LogP) is -0.808.